The highest BCUT2D eigenvalue weighted by molar-refractivity contribution is 6.34. The fourth-order valence-corrected chi connectivity index (χ4v) is 2.68. The van der Waals surface area contributed by atoms with Gasteiger partial charge in [-0.25, -0.2) is 0 Å². The molecule has 7 nitrogen and oxygen atoms in total. The maximum Gasteiger partial charge on any atom is 0.251 e. The number of likely N-dealkylation sites (N-methyl/N-ethyl adjacent to an activating group) is 1. The lowest BCUT2D eigenvalue weighted by molar-refractivity contribution is -0.131. The van der Waals surface area contributed by atoms with Crippen LogP contribution in [0.2, 0.25) is 10.0 Å². The summed E-state index contributed by atoms with van der Waals surface area (Å²) >= 11 is 12.1. The van der Waals surface area contributed by atoms with Crippen LogP contribution in [0.4, 0.5) is 11.4 Å². The molecular weight excluding hydrogens is 403 g/mol. The standard InChI is InChI=1S/C19H20Cl2N4O3/c1-22-19(28)12-7-8-14(21)16(9-12)23-10-18(27)25(2)11-17(26)24-15-6-4-3-5-13(15)20/h3-9,23H,10-11H2,1-2H3,(H,22,28)(H,24,26). The summed E-state index contributed by atoms with van der Waals surface area (Å²) in [6, 6.07) is 11.5. The van der Waals surface area contributed by atoms with E-state index in [4.69, 9.17) is 23.2 Å². The first-order valence-electron chi connectivity index (χ1n) is 8.35. The molecule has 2 aromatic carbocycles. The Kier molecular flexibility index (Phi) is 7.66. The quantitative estimate of drug-likeness (QED) is 0.639. The normalized spacial score (nSPS) is 10.1. The lowest BCUT2D eigenvalue weighted by atomic mass is 10.2. The molecule has 0 unspecified atom stereocenters. The fourth-order valence-electron chi connectivity index (χ4n) is 2.31. The van der Waals surface area contributed by atoms with Gasteiger partial charge >= 0.3 is 0 Å². The number of carbonyl (C=O) groups excluding carboxylic acids is 3. The summed E-state index contributed by atoms with van der Waals surface area (Å²) < 4.78 is 0. The molecule has 0 bridgehead atoms. The average Bonchev–Trinajstić information content (AvgIpc) is 2.68. The van der Waals surface area contributed by atoms with Crippen molar-refractivity contribution in [3.05, 3.63) is 58.1 Å². The van der Waals surface area contributed by atoms with Gasteiger partial charge < -0.3 is 20.9 Å². The van der Waals surface area contributed by atoms with Gasteiger partial charge in [-0.05, 0) is 30.3 Å². The summed E-state index contributed by atoms with van der Waals surface area (Å²) in [6.07, 6.45) is 0. The second kappa shape index (κ2) is 9.96. The molecule has 28 heavy (non-hydrogen) atoms. The predicted molar refractivity (Wildman–Crippen MR) is 111 cm³/mol. The first kappa shape index (κ1) is 21.5. The van der Waals surface area contributed by atoms with Crippen LogP contribution < -0.4 is 16.0 Å². The number of benzene rings is 2. The third-order valence-electron chi connectivity index (χ3n) is 3.84. The van der Waals surface area contributed by atoms with Gasteiger partial charge in [-0.2, -0.15) is 0 Å². The molecule has 0 saturated carbocycles. The summed E-state index contributed by atoms with van der Waals surface area (Å²) in [4.78, 5) is 37.4. The molecule has 0 heterocycles. The molecule has 3 N–H and O–H groups in total. The van der Waals surface area contributed by atoms with Crippen molar-refractivity contribution in [1.82, 2.24) is 10.2 Å². The molecule has 0 aromatic heterocycles. The van der Waals surface area contributed by atoms with Crippen LogP contribution in [0.5, 0.6) is 0 Å². The van der Waals surface area contributed by atoms with Crippen molar-refractivity contribution >= 4 is 52.3 Å². The highest BCUT2D eigenvalue weighted by Gasteiger charge is 2.15. The van der Waals surface area contributed by atoms with E-state index in [0.717, 1.165) is 0 Å². The predicted octanol–water partition coefficient (Wildman–Crippen LogP) is 2.86. The third kappa shape index (κ3) is 5.87. The summed E-state index contributed by atoms with van der Waals surface area (Å²) in [7, 11) is 3.04. The lowest BCUT2D eigenvalue weighted by Crippen LogP contribution is -2.38. The minimum atomic E-state index is -0.372. The van der Waals surface area contributed by atoms with Gasteiger partial charge in [0, 0.05) is 19.7 Å². The number of nitrogens with one attached hydrogen (secondary N) is 3. The van der Waals surface area contributed by atoms with Crippen molar-refractivity contribution in [2.45, 2.75) is 0 Å². The number of carbonyl (C=O) groups is 3. The van der Waals surface area contributed by atoms with E-state index in [2.05, 4.69) is 16.0 Å². The van der Waals surface area contributed by atoms with E-state index in [9.17, 15) is 14.4 Å². The van der Waals surface area contributed by atoms with Gasteiger partial charge in [0.25, 0.3) is 5.91 Å². The van der Waals surface area contributed by atoms with Crippen molar-refractivity contribution in [3.63, 3.8) is 0 Å². The number of anilines is 2. The molecule has 0 atom stereocenters. The Hall–Kier alpha value is -2.77. The van der Waals surface area contributed by atoms with Crippen molar-refractivity contribution in [3.8, 4) is 0 Å². The van der Waals surface area contributed by atoms with Crippen LogP contribution in [-0.2, 0) is 9.59 Å². The van der Waals surface area contributed by atoms with Gasteiger partial charge in [0.05, 0.1) is 34.5 Å². The average molecular weight is 423 g/mol. The number of hydrogen-bond donors (Lipinski definition) is 3. The molecule has 0 saturated heterocycles. The van der Waals surface area contributed by atoms with Crippen molar-refractivity contribution < 1.29 is 14.4 Å². The number of halogens is 2. The molecule has 0 aliphatic carbocycles. The maximum absolute atomic E-state index is 12.3. The van der Waals surface area contributed by atoms with E-state index in [0.29, 0.717) is 27.0 Å². The maximum atomic E-state index is 12.3. The Morgan fingerprint density at radius 1 is 1.00 bits per heavy atom. The minimum absolute atomic E-state index is 0.0905. The summed E-state index contributed by atoms with van der Waals surface area (Å²) in [5.74, 6) is -0.960. The van der Waals surface area contributed by atoms with Crippen LogP contribution in [0, 0.1) is 0 Å². The monoisotopic (exact) mass is 422 g/mol. The Balaban J connectivity index is 1.91. The first-order chi connectivity index (χ1) is 13.3. The van der Waals surface area contributed by atoms with E-state index in [1.165, 1.54) is 19.0 Å². The minimum Gasteiger partial charge on any atom is -0.375 e. The molecule has 0 fully saturated rings. The van der Waals surface area contributed by atoms with Gasteiger partial charge in [0.15, 0.2) is 0 Å². The molecule has 2 rings (SSSR count). The van der Waals surface area contributed by atoms with Crippen molar-refractivity contribution in [1.29, 1.82) is 0 Å². The number of rotatable bonds is 7. The van der Waals surface area contributed by atoms with E-state index in [1.807, 2.05) is 0 Å². The molecule has 9 heteroatoms. The van der Waals surface area contributed by atoms with Crippen LogP contribution in [0.25, 0.3) is 0 Å². The Bertz CT molecular complexity index is 889. The van der Waals surface area contributed by atoms with E-state index in [-0.39, 0.29) is 30.8 Å². The SMILES string of the molecule is CNC(=O)c1ccc(Cl)c(NCC(=O)N(C)CC(=O)Nc2ccccc2Cl)c1. The summed E-state index contributed by atoms with van der Waals surface area (Å²) in [6.45, 7) is -0.232. The van der Waals surface area contributed by atoms with E-state index < -0.39 is 0 Å². The Morgan fingerprint density at radius 2 is 1.68 bits per heavy atom. The smallest absolute Gasteiger partial charge is 0.251 e. The number of amides is 3. The van der Waals surface area contributed by atoms with Gasteiger partial charge in [-0.15, -0.1) is 0 Å². The van der Waals surface area contributed by atoms with Gasteiger partial charge in [-0.3, -0.25) is 14.4 Å². The lowest BCUT2D eigenvalue weighted by Gasteiger charge is -2.18. The Morgan fingerprint density at radius 3 is 2.36 bits per heavy atom. The van der Waals surface area contributed by atoms with Crippen molar-refractivity contribution in [2.75, 3.05) is 37.8 Å². The molecule has 148 valence electrons. The highest BCUT2D eigenvalue weighted by Crippen LogP contribution is 2.23. The van der Waals surface area contributed by atoms with Crippen molar-refractivity contribution in [2.24, 2.45) is 0 Å². The molecular formula is C19H20Cl2N4O3. The molecule has 0 aliphatic rings. The molecule has 0 radical (unpaired) electrons. The third-order valence-corrected chi connectivity index (χ3v) is 4.50. The van der Waals surface area contributed by atoms with Gasteiger partial charge in [-0.1, -0.05) is 35.3 Å². The van der Waals surface area contributed by atoms with Crippen LogP contribution in [0.15, 0.2) is 42.5 Å². The van der Waals surface area contributed by atoms with Crippen LogP contribution in [-0.4, -0.2) is 49.8 Å². The van der Waals surface area contributed by atoms with E-state index in [1.54, 1.807) is 42.5 Å². The molecule has 0 aliphatic heterocycles. The molecule has 3 amide bonds. The summed E-state index contributed by atoms with van der Waals surface area (Å²) in [5.41, 5.74) is 1.34. The Labute approximate surface area is 173 Å². The number of para-hydroxylation sites is 1. The zero-order valence-electron chi connectivity index (χ0n) is 15.4. The summed E-state index contributed by atoms with van der Waals surface area (Å²) in [5, 5.41) is 8.85. The zero-order chi connectivity index (χ0) is 20.7. The highest BCUT2D eigenvalue weighted by atomic mass is 35.5. The molecule has 0 spiro atoms. The largest absolute Gasteiger partial charge is 0.375 e. The topological polar surface area (TPSA) is 90.5 Å². The fraction of sp³-hybridized carbons (Fsp3) is 0.211. The van der Waals surface area contributed by atoms with Gasteiger partial charge in [0.2, 0.25) is 11.8 Å². The second-order valence-electron chi connectivity index (χ2n) is 5.91. The van der Waals surface area contributed by atoms with Crippen LogP contribution in [0.3, 0.4) is 0 Å². The molecule has 2 aromatic rings. The number of nitrogens with zero attached hydrogens (tertiary/aromatic N) is 1. The number of hydrogen-bond acceptors (Lipinski definition) is 4. The van der Waals surface area contributed by atoms with Crippen LogP contribution >= 0.6 is 23.2 Å². The van der Waals surface area contributed by atoms with Gasteiger partial charge in [0.1, 0.15) is 0 Å². The van der Waals surface area contributed by atoms with Crippen LogP contribution in [0.1, 0.15) is 10.4 Å². The first-order valence-corrected chi connectivity index (χ1v) is 9.11. The zero-order valence-corrected chi connectivity index (χ0v) is 16.9. The van der Waals surface area contributed by atoms with E-state index >= 15 is 0 Å². The second-order valence-corrected chi connectivity index (χ2v) is 6.72.